The molecule has 1 aromatic carbocycles. The van der Waals surface area contributed by atoms with Crippen LogP contribution in [0.4, 0.5) is 9.18 Å². The van der Waals surface area contributed by atoms with Crippen molar-refractivity contribution in [2.45, 2.75) is 44.2 Å². The zero-order valence-corrected chi connectivity index (χ0v) is 12.6. The van der Waals surface area contributed by atoms with Gasteiger partial charge >= 0.3 is 6.03 Å². The summed E-state index contributed by atoms with van der Waals surface area (Å²) in [5, 5.41) is 15.1. The van der Waals surface area contributed by atoms with Crippen molar-refractivity contribution < 1.29 is 19.0 Å². The van der Waals surface area contributed by atoms with E-state index < -0.39 is 0 Å². The third-order valence-corrected chi connectivity index (χ3v) is 3.72. The summed E-state index contributed by atoms with van der Waals surface area (Å²) in [6.45, 7) is 0.976. The Balaban J connectivity index is 1.52. The largest absolute Gasteiger partial charge is 0.494 e. The lowest BCUT2D eigenvalue weighted by atomic mass is 9.93. The van der Waals surface area contributed by atoms with Gasteiger partial charge in [0.15, 0.2) is 0 Å². The van der Waals surface area contributed by atoms with Crippen molar-refractivity contribution in [3.05, 3.63) is 30.1 Å². The molecule has 3 N–H and O–H groups in total. The van der Waals surface area contributed by atoms with Crippen LogP contribution in [0.1, 0.15) is 32.1 Å². The maximum Gasteiger partial charge on any atom is 0.315 e. The lowest BCUT2D eigenvalue weighted by Gasteiger charge is -2.26. The van der Waals surface area contributed by atoms with Crippen molar-refractivity contribution >= 4 is 6.03 Å². The molecule has 0 atom stereocenters. The molecule has 1 aliphatic rings. The van der Waals surface area contributed by atoms with Gasteiger partial charge in [-0.05, 0) is 56.4 Å². The zero-order valence-electron chi connectivity index (χ0n) is 12.6. The minimum atomic E-state index is -0.291. The number of hydrogen-bond donors (Lipinski definition) is 3. The Labute approximate surface area is 129 Å². The van der Waals surface area contributed by atoms with Gasteiger partial charge in [-0.3, -0.25) is 0 Å². The van der Waals surface area contributed by atoms with Crippen LogP contribution >= 0.6 is 0 Å². The lowest BCUT2D eigenvalue weighted by molar-refractivity contribution is 0.117. The van der Waals surface area contributed by atoms with Crippen LogP contribution in [0.15, 0.2) is 24.3 Å². The Morgan fingerprint density at radius 1 is 1.23 bits per heavy atom. The summed E-state index contributed by atoms with van der Waals surface area (Å²) in [6.07, 6.45) is 3.59. The molecule has 22 heavy (non-hydrogen) atoms. The number of aliphatic hydroxyl groups is 1. The Morgan fingerprint density at radius 3 is 2.59 bits per heavy atom. The van der Waals surface area contributed by atoms with Crippen molar-refractivity contribution in [1.29, 1.82) is 0 Å². The fraction of sp³-hybridized carbons (Fsp3) is 0.562. The molecule has 0 bridgehead atoms. The van der Waals surface area contributed by atoms with E-state index in [1.54, 1.807) is 12.1 Å². The molecule has 122 valence electrons. The number of halogens is 1. The van der Waals surface area contributed by atoms with Crippen LogP contribution in [0.2, 0.25) is 0 Å². The summed E-state index contributed by atoms with van der Waals surface area (Å²) in [5.41, 5.74) is 0. The first-order valence-corrected chi connectivity index (χ1v) is 7.74. The van der Waals surface area contributed by atoms with E-state index in [9.17, 15) is 14.3 Å². The monoisotopic (exact) mass is 310 g/mol. The van der Waals surface area contributed by atoms with E-state index in [4.69, 9.17) is 4.74 Å². The van der Waals surface area contributed by atoms with Gasteiger partial charge in [0, 0.05) is 12.6 Å². The number of carbonyl (C=O) groups excluding carboxylic acids is 1. The van der Waals surface area contributed by atoms with Gasteiger partial charge in [0.1, 0.15) is 11.6 Å². The summed E-state index contributed by atoms with van der Waals surface area (Å²) < 4.78 is 18.1. The molecule has 1 fully saturated rings. The second-order valence-electron chi connectivity index (χ2n) is 5.56. The Kier molecular flexibility index (Phi) is 6.45. The van der Waals surface area contributed by atoms with E-state index in [-0.39, 0.29) is 24.0 Å². The van der Waals surface area contributed by atoms with E-state index in [0.717, 1.165) is 25.7 Å². The van der Waals surface area contributed by atoms with E-state index in [1.165, 1.54) is 12.1 Å². The summed E-state index contributed by atoms with van der Waals surface area (Å²) in [5.74, 6) is 0.326. The smallest absolute Gasteiger partial charge is 0.315 e. The number of rotatable bonds is 6. The minimum absolute atomic E-state index is 0.152. The van der Waals surface area contributed by atoms with Crippen LogP contribution in [-0.2, 0) is 0 Å². The Hall–Kier alpha value is -1.82. The normalized spacial score (nSPS) is 21.2. The summed E-state index contributed by atoms with van der Waals surface area (Å²) in [6, 6.07) is 5.83. The van der Waals surface area contributed by atoms with Gasteiger partial charge in [0.05, 0.1) is 12.7 Å². The van der Waals surface area contributed by atoms with Crippen molar-refractivity contribution in [3.8, 4) is 5.75 Å². The number of hydrogen-bond acceptors (Lipinski definition) is 3. The first kappa shape index (κ1) is 16.5. The van der Waals surface area contributed by atoms with Crippen LogP contribution < -0.4 is 15.4 Å². The van der Waals surface area contributed by atoms with E-state index >= 15 is 0 Å². The molecule has 0 aromatic heterocycles. The molecule has 2 amide bonds. The molecule has 1 aliphatic carbocycles. The van der Waals surface area contributed by atoms with Crippen LogP contribution in [0.3, 0.4) is 0 Å². The summed E-state index contributed by atoms with van der Waals surface area (Å²) in [4.78, 5) is 11.7. The standard InChI is InChI=1S/C16H23FN2O3/c17-12-2-8-15(9-3-12)22-11-1-10-18-16(21)19-13-4-6-14(20)7-5-13/h2-3,8-9,13-14,20H,1,4-7,10-11H2,(H2,18,19,21). The molecular weight excluding hydrogens is 287 g/mol. The molecule has 0 spiro atoms. The number of amides is 2. The van der Waals surface area contributed by atoms with E-state index in [1.807, 2.05) is 0 Å². The SMILES string of the molecule is O=C(NCCCOc1ccc(F)cc1)NC1CCC(O)CC1. The fourth-order valence-electron chi connectivity index (χ4n) is 2.45. The van der Waals surface area contributed by atoms with Gasteiger partial charge in [0.2, 0.25) is 0 Å². The van der Waals surface area contributed by atoms with Crippen LogP contribution in [0.5, 0.6) is 5.75 Å². The molecular formula is C16H23FN2O3. The van der Waals surface area contributed by atoms with Crippen molar-refractivity contribution in [1.82, 2.24) is 10.6 Å². The predicted molar refractivity (Wildman–Crippen MR) is 81.3 cm³/mol. The molecule has 0 heterocycles. The molecule has 0 saturated heterocycles. The Morgan fingerprint density at radius 2 is 1.91 bits per heavy atom. The van der Waals surface area contributed by atoms with E-state index in [0.29, 0.717) is 25.3 Å². The van der Waals surface area contributed by atoms with Crippen molar-refractivity contribution in [2.24, 2.45) is 0 Å². The van der Waals surface area contributed by atoms with Crippen LogP contribution in [-0.4, -0.2) is 36.4 Å². The number of aliphatic hydroxyl groups excluding tert-OH is 1. The van der Waals surface area contributed by atoms with Gasteiger partial charge in [0.25, 0.3) is 0 Å². The number of benzene rings is 1. The highest BCUT2D eigenvalue weighted by Crippen LogP contribution is 2.18. The van der Waals surface area contributed by atoms with Crippen molar-refractivity contribution in [2.75, 3.05) is 13.2 Å². The lowest BCUT2D eigenvalue weighted by Crippen LogP contribution is -2.44. The molecule has 0 unspecified atom stereocenters. The first-order valence-electron chi connectivity index (χ1n) is 7.74. The molecule has 5 nitrogen and oxygen atoms in total. The highest BCUT2D eigenvalue weighted by atomic mass is 19.1. The molecule has 1 aromatic rings. The summed E-state index contributed by atoms with van der Waals surface area (Å²) in [7, 11) is 0. The highest BCUT2D eigenvalue weighted by molar-refractivity contribution is 5.74. The Bertz CT molecular complexity index is 459. The maximum absolute atomic E-state index is 12.7. The van der Waals surface area contributed by atoms with Crippen LogP contribution in [0, 0.1) is 5.82 Å². The fourth-order valence-corrected chi connectivity index (χ4v) is 2.45. The number of urea groups is 1. The second-order valence-corrected chi connectivity index (χ2v) is 5.56. The second kappa shape index (κ2) is 8.58. The van der Waals surface area contributed by atoms with Gasteiger partial charge < -0.3 is 20.5 Å². The quantitative estimate of drug-likeness (QED) is 0.705. The van der Waals surface area contributed by atoms with Gasteiger partial charge in [-0.1, -0.05) is 0 Å². The molecule has 0 aliphatic heterocycles. The molecule has 0 radical (unpaired) electrons. The average Bonchev–Trinajstić information content (AvgIpc) is 2.51. The van der Waals surface area contributed by atoms with Gasteiger partial charge in [-0.2, -0.15) is 0 Å². The minimum Gasteiger partial charge on any atom is -0.494 e. The van der Waals surface area contributed by atoms with E-state index in [2.05, 4.69) is 10.6 Å². The van der Waals surface area contributed by atoms with Gasteiger partial charge in [-0.25, -0.2) is 9.18 Å². The third-order valence-electron chi connectivity index (χ3n) is 3.72. The first-order chi connectivity index (χ1) is 10.6. The average molecular weight is 310 g/mol. The number of carbonyl (C=O) groups is 1. The van der Waals surface area contributed by atoms with Crippen molar-refractivity contribution in [3.63, 3.8) is 0 Å². The molecule has 2 rings (SSSR count). The maximum atomic E-state index is 12.7. The zero-order chi connectivity index (χ0) is 15.8. The molecule has 1 saturated carbocycles. The van der Waals surface area contributed by atoms with Crippen LogP contribution in [0.25, 0.3) is 0 Å². The predicted octanol–water partition coefficient (Wildman–Crippen LogP) is 2.20. The van der Waals surface area contributed by atoms with Gasteiger partial charge in [-0.15, -0.1) is 0 Å². The topological polar surface area (TPSA) is 70.6 Å². The third kappa shape index (κ3) is 5.89. The summed E-state index contributed by atoms with van der Waals surface area (Å²) >= 11 is 0. The number of nitrogens with one attached hydrogen (secondary N) is 2. The highest BCUT2D eigenvalue weighted by Gasteiger charge is 2.20. The molecule has 6 heteroatoms. The number of ether oxygens (including phenoxy) is 1.